The first-order valence-corrected chi connectivity index (χ1v) is 19.1. The molecule has 0 aliphatic rings. The van der Waals surface area contributed by atoms with Crippen molar-refractivity contribution in [2.45, 2.75) is 103 Å². The molecule has 0 radical (unpaired) electrons. The number of nitrogens with one attached hydrogen (secondary N) is 3. The molecule has 3 aromatic carbocycles. The van der Waals surface area contributed by atoms with Crippen molar-refractivity contribution < 1.29 is 27.9 Å². The molecule has 0 saturated heterocycles. The van der Waals surface area contributed by atoms with Gasteiger partial charge >= 0.3 is 0 Å². The third-order valence-corrected chi connectivity index (χ3v) is 9.60. The Hall–Kier alpha value is -3.76. The summed E-state index contributed by atoms with van der Waals surface area (Å²) in [4.78, 5) is 26.3. The Bertz CT molecular complexity index is 1550. The molecule has 3 aromatic rings. The number of ether oxygens (including phenoxy) is 1. The number of anilines is 3. The molecule has 3 rings (SSSR count). The van der Waals surface area contributed by atoms with Crippen molar-refractivity contribution in [1.82, 2.24) is 0 Å². The Morgan fingerprint density at radius 2 is 1.35 bits per heavy atom. The number of sulfonamides is 1. The van der Waals surface area contributed by atoms with Crippen molar-refractivity contribution in [3.63, 3.8) is 0 Å². The van der Waals surface area contributed by atoms with Crippen LogP contribution in [-0.4, -0.2) is 37.2 Å². The van der Waals surface area contributed by atoms with Gasteiger partial charge in [-0.25, -0.2) is 8.42 Å². The van der Waals surface area contributed by atoms with E-state index in [0.29, 0.717) is 18.4 Å². The molecule has 0 bridgehead atoms. The number of amides is 2. The van der Waals surface area contributed by atoms with Crippen LogP contribution < -0.4 is 20.1 Å². The predicted molar refractivity (Wildman–Crippen MR) is 196 cm³/mol. The van der Waals surface area contributed by atoms with Crippen molar-refractivity contribution in [3.05, 3.63) is 77.3 Å². The number of carbonyl (C=O) groups excluding carboxylic acids is 2. The Morgan fingerprint density at radius 3 is 2.02 bits per heavy atom. The van der Waals surface area contributed by atoms with Gasteiger partial charge in [0.05, 0.1) is 27.8 Å². The number of benzene rings is 3. The minimum absolute atomic E-state index is 0.0237. The van der Waals surface area contributed by atoms with Crippen LogP contribution in [0.2, 0.25) is 5.02 Å². The zero-order valence-electron chi connectivity index (χ0n) is 28.1. The first kappa shape index (κ1) is 38.7. The number of rotatable bonds is 22. The molecule has 262 valence electrons. The number of hydrogen-bond acceptors (Lipinski definition) is 6. The minimum Gasteiger partial charge on any atom is -0.506 e. The van der Waals surface area contributed by atoms with Crippen molar-refractivity contribution in [3.8, 4) is 11.5 Å². The summed E-state index contributed by atoms with van der Waals surface area (Å²) in [6.45, 7) is 4.13. The number of halogens is 1. The molecular weight excluding hydrogens is 650 g/mol. The van der Waals surface area contributed by atoms with Gasteiger partial charge in [0, 0.05) is 11.6 Å². The van der Waals surface area contributed by atoms with Gasteiger partial charge < -0.3 is 20.5 Å². The van der Waals surface area contributed by atoms with Crippen molar-refractivity contribution in [2.75, 3.05) is 21.1 Å². The topological polar surface area (TPSA) is 134 Å². The summed E-state index contributed by atoms with van der Waals surface area (Å²) >= 11 is 6.50. The zero-order valence-corrected chi connectivity index (χ0v) is 29.7. The maximum absolute atomic E-state index is 13.7. The molecule has 0 aliphatic heterocycles. The van der Waals surface area contributed by atoms with Gasteiger partial charge in [-0.3, -0.25) is 14.3 Å². The molecule has 0 spiro atoms. The first-order valence-electron chi connectivity index (χ1n) is 17.1. The molecule has 0 aromatic heterocycles. The van der Waals surface area contributed by atoms with Gasteiger partial charge in [-0.05, 0) is 49.6 Å². The van der Waals surface area contributed by atoms with Crippen molar-refractivity contribution in [2.24, 2.45) is 0 Å². The van der Waals surface area contributed by atoms with Gasteiger partial charge in [-0.1, -0.05) is 120 Å². The number of phenols is 1. The summed E-state index contributed by atoms with van der Waals surface area (Å²) in [5, 5.41) is 16.2. The van der Waals surface area contributed by atoms with Gasteiger partial charge in [0.25, 0.3) is 11.8 Å². The Morgan fingerprint density at radius 1 is 0.750 bits per heavy atom. The van der Waals surface area contributed by atoms with Crippen LogP contribution in [0.5, 0.6) is 11.5 Å². The average molecular weight is 700 g/mol. The van der Waals surface area contributed by atoms with Gasteiger partial charge in [-0.2, -0.15) is 0 Å². The first-order chi connectivity index (χ1) is 23.1. The second-order valence-electron chi connectivity index (χ2n) is 12.0. The molecule has 0 aliphatic carbocycles. The van der Waals surface area contributed by atoms with E-state index in [1.165, 1.54) is 50.7 Å². The molecular formula is C37H50ClN3O6S. The summed E-state index contributed by atoms with van der Waals surface area (Å²) < 4.78 is 34.2. The molecule has 0 fully saturated rings. The number of carbonyl (C=O) groups is 2. The molecule has 4 N–H and O–H groups in total. The van der Waals surface area contributed by atoms with Gasteiger partial charge in [0.15, 0.2) is 6.10 Å². The lowest BCUT2D eigenvalue weighted by atomic mass is 10.0. The highest BCUT2D eigenvalue weighted by Gasteiger charge is 2.24. The summed E-state index contributed by atoms with van der Waals surface area (Å²) in [5.74, 6) is -0.996. The largest absolute Gasteiger partial charge is 0.506 e. The van der Waals surface area contributed by atoms with E-state index in [0.717, 1.165) is 32.1 Å². The van der Waals surface area contributed by atoms with E-state index in [1.54, 1.807) is 54.6 Å². The van der Waals surface area contributed by atoms with E-state index in [-0.39, 0.29) is 39.3 Å². The summed E-state index contributed by atoms with van der Waals surface area (Å²) in [7, 11) is -3.61. The highest BCUT2D eigenvalue weighted by atomic mass is 35.5. The number of hydrogen-bond donors (Lipinski definition) is 4. The third-order valence-electron chi connectivity index (χ3n) is 7.93. The fourth-order valence-corrected chi connectivity index (χ4v) is 6.66. The number of para-hydroxylation sites is 2. The van der Waals surface area contributed by atoms with E-state index < -0.39 is 27.9 Å². The van der Waals surface area contributed by atoms with Gasteiger partial charge in [0.2, 0.25) is 10.0 Å². The van der Waals surface area contributed by atoms with Gasteiger partial charge in [0.1, 0.15) is 11.5 Å². The Labute approximate surface area is 290 Å². The Kier molecular flexibility index (Phi) is 16.6. The molecule has 0 heterocycles. The molecule has 1 unspecified atom stereocenters. The van der Waals surface area contributed by atoms with Crippen LogP contribution in [0.4, 0.5) is 17.1 Å². The highest BCUT2D eigenvalue weighted by Crippen LogP contribution is 2.35. The van der Waals surface area contributed by atoms with Crippen molar-refractivity contribution >= 4 is 50.5 Å². The lowest BCUT2D eigenvalue weighted by Gasteiger charge is -2.22. The zero-order chi connectivity index (χ0) is 34.8. The summed E-state index contributed by atoms with van der Waals surface area (Å²) in [6.07, 6.45) is 12.0. The Balaban J connectivity index is 1.71. The van der Waals surface area contributed by atoms with E-state index in [9.17, 15) is 23.1 Å². The van der Waals surface area contributed by atoms with Crippen LogP contribution in [0, 0.1) is 0 Å². The van der Waals surface area contributed by atoms with Crippen LogP contribution in [0.25, 0.3) is 0 Å². The molecule has 11 heteroatoms. The van der Waals surface area contributed by atoms with Crippen LogP contribution >= 0.6 is 11.6 Å². The molecule has 0 saturated carbocycles. The fraction of sp³-hybridized carbons (Fsp3) is 0.459. The van der Waals surface area contributed by atoms with Crippen LogP contribution in [0.15, 0.2) is 66.7 Å². The van der Waals surface area contributed by atoms with Gasteiger partial charge in [-0.15, -0.1) is 0 Å². The van der Waals surface area contributed by atoms with E-state index in [1.807, 2.05) is 6.92 Å². The highest BCUT2D eigenvalue weighted by molar-refractivity contribution is 7.92. The molecule has 9 nitrogen and oxygen atoms in total. The third kappa shape index (κ3) is 13.4. The number of unbranched alkanes of at least 4 members (excludes halogenated alkanes) is 10. The van der Waals surface area contributed by atoms with E-state index >= 15 is 0 Å². The molecule has 2 amide bonds. The van der Waals surface area contributed by atoms with Crippen molar-refractivity contribution in [1.29, 1.82) is 0 Å². The SMILES string of the molecule is CCCCCCCCCCCCC(Oc1ccccc1NS(=O)(=O)CCCC)C(=O)Nc1cc(O)c(NC(=O)c2ccccc2)cc1Cl. The second kappa shape index (κ2) is 20.6. The molecule has 48 heavy (non-hydrogen) atoms. The van der Waals surface area contributed by atoms with Crippen LogP contribution in [0.3, 0.4) is 0 Å². The van der Waals surface area contributed by atoms with Crippen LogP contribution in [-0.2, 0) is 14.8 Å². The van der Waals surface area contributed by atoms with Crippen LogP contribution in [0.1, 0.15) is 108 Å². The predicted octanol–water partition coefficient (Wildman–Crippen LogP) is 9.54. The second-order valence-corrected chi connectivity index (χ2v) is 14.3. The van der Waals surface area contributed by atoms with E-state index in [4.69, 9.17) is 16.3 Å². The summed E-state index contributed by atoms with van der Waals surface area (Å²) in [6, 6.07) is 17.8. The maximum atomic E-state index is 13.7. The minimum atomic E-state index is -3.61. The lowest BCUT2D eigenvalue weighted by molar-refractivity contribution is -0.123. The lowest BCUT2D eigenvalue weighted by Crippen LogP contribution is -2.33. The number of aromatic hydroxyl groups is 1. The van der Waals surface area contributed by atoms with E-state index in [2.05, 4.69) is 22.3 Å². The maximum Gasteiger partial charge on any atom is 0.265 e. The molecule has 1 atom stereocenters. The standard InChI is InChI=1S/C37H50ClN3O6S/c1-3-5-7-8-9-10-11-12-13-17-24-35(47-34-23-19-18-22-30(34)41-48(45,46)25-6-4-2)37(44)39-31-27-33(42)32(26-29(31)38)40-36(43)28-20-15-14-16-21-28/h14-16,18-23,26-27,35,41-42H,3-13,17,24-25H2,1-2H3,(H,39,44)(H,40,43). The fourth-order valence-electron chi connectivity index (χ4n) is 5.18. The quantitative estimate of drug-likeness (QED) is 0.0610. The summed E-state index contributed by atoms with van der Waals surface area (Å²) in [5.41, 5.74) is 0.894. The average Bonchev–Trinajstić information content (AvgIpc) is 3.07. The normalized spacial score (nSPS) is 11.9. The number of phenolic OH excluding ortho intramolecular Hbond substituents is 1. The monoisotopic (exact) mass is 699 g/mol. The smallest absolute Gasteiger partial charge is 0.265 e.